The second kappa shape index (κ2) is 7.29. The third kappa shape index (κ3) is 3.58. The van der Waals surface area contributed by atoms with Crippen LogP contribution in [0.1, 0.15) is 31.0 Å². The Kier molecular flexibility index (Phi) is 5.41. The second-order valence-electron chi connectivity index (χ2n) is 5.52. The van der Waals surface area contributed by atoms with Crippen molar-refractivity contribution in [3.05, 3.63) is 11.3 Å². The van der Waals surface area contributed by atoms with Crippen molar-refractivity contribution in [2.45, 2.75) is 33.1 Å². The van der Waals surface area contributed by atoms with Gasteiger partial charge >= 0.3 is 6.09 Å². The zero-order valence-electron chi connectivity index (χ0n) is 13.6. The molecule has 0 radical (unpaired) electrons. The molecule has 0 atom stereocenters. The number of methoxy groups -OCH3 is 1. The Hall–Kier alpha value is -2.05. The first-order chi connectivity index (χ1) is 10.6. The fourth-order valence-electron chi connectivity index (χ4n) is 2.74. The zero-order valence-corrected chi connectivity index (χ0v) is 13.6. The Bertz CT molecular complexity index is 527. The van der Waals surface area contributed by atoms with Crippen molar-refractivity contribution in [2.24, 2.45) is 0 Å². The number of carbonyl (C=O) groups is 1. The largest absolute Gasteiger partial charge is 0.453 e. The normalized spacial score (nSPS) is 15.0. The van der Waals surface area contributed by atoms with Crippen molar-refractivity contribution in [3.63, 3.8) is 0 Å². The van der Waals surface area contributed by atoms with Gasteiger partial charge in [-0.3, -0.25) is 0 Å². The summed E-state index contributed by atoms with van der Waals surface area (Å²) in [4.78, 5) is 24.2. The van der Waals surface area contributed by atoms with Crippen LogP contribution in [-0.2, 0) is 11.2 Å². The highest BCUT2D eigenvalue weighted by Crippen LogP contribution is 2.24. The van der Waals surface area contributed by atoms with E-state index in [4.69, 9.17) is 10.5 Å². The van der Waals surface area contributed by atoms with Gasteiger partial charge in [-0.25, -0.2) is 9.78 Å². The van der Waals surface area contributed by atoms with Gasteiger partial charge in [-0.15, -0.1) is 0 Å². The lowest BCUT2D eigenvalue weighted by Gasteiger charge is -2.35. The van der Waals surface area contributed by atoms with Crippen LogP contribution in [0.2, 0.25) is 0 Å². The Balaban J connectivity index is 2.16. The molecule has 0 spiro atoms. The third-order valence-corrected chi connectivity index (χ3v) is 4.00. The van der Waals surface area contributed by atoms with Crippen LogP contribution in [0, 0.1) is 6.92 Å². The molecule has 1 saturated heterocycles. The summed E-state index contributed by atoms with van der Waals surface area (Å²) in [6.45, 7) is 6.86. The number of piperazine rings is 1. The van der Waals surface area contributed by atoms with Crippen LogP contribution in [0.25, 0.3) is 0 Å². The van der Waals surface area contributed by atoms with E-state index in [0.717, 1.165) is 43.9 Å². The lowest BCUT2D eigenvalue weighted by Crippen LogP contribution is -2.49. The molecule has 7 nitrogen and oxygen atoms in total. The average Bonchev–Trinajstić information content (AvgIpc) is 2.53. The van der Waals surface area contributed by atoms with E-state index in [1.807, 2.05) is 6.92 Å². The molecule has 2 heterocycles. The van der Waals surface area contributed by atoms with Crippen molar-refractivity contribution >= 4 is 17.9 Å². The Morgan fingerprint density at radius 3 is 2.55 bits per heavy atom. The van der Waals surface area contributed by atoms with Gasteiger partial charge in [0.25, 0.3) is 0 Å². The molecular weight excluding hydrogens is 282 g/mol. The number of amides is 1. The van der Waals surface area contributed by atoms with Crippen molar-refractivity contribution in [3.8, 4) is 0 Å². The van der Waals surface area contributed by atoms with Crippen molar-refractivity contribution in [1.82, 2.24) is 14.9 Å². The number of aromatic nitrogens is 2. The van der Waals surface area contributed by atoms with Crippen LogP contribution in [0.15, 0.2) is 0 Å². The van der Waals surface area contributed by atoms with Gasteiger partial charge in [0.1, 0.15) is 5.82 Å². The fraction of sp³-hybridized carbons (Fsp3) is 0.667. The summed E-state index contributed by atoms with van der Waals surface area (Å²) in [6.07, 6.45) is 2.90. The van der Waals surface area contributed by atoms with E-state index in [2.05, 4.69) is 21.8 Å². The van der Waals surface area contributed by atoms with Gasteiger partial charge in [-0.2, -0.15) is 4.98 Å². The zero-order chi connectivity index (χ0) is 16.1. The molecule has 122 valence electrons. The fourth-order valence-corrected chi connectivity index (χ4v) is 2.74. The third-order valence-electron chi connectivity index (χ3n) is 4.00. The maximum absolute atomic E-state index is 11.6. The molecule has 1 fully saturated rings. The molecular formula is C15H25N5O2. The van der Waals surface area contributed by atoms with Crippen LogP contribution in [0.5, 0.6) is 0 Å². The van der Waals surface area contributed by atoms with Gasteiger partial charge in [0.15, 0.2) is 0 Å². The number of nitrogen functional groups attached to an aromatic ring is 1. The van der Waals surface area contributed by atoms with Crippen LogP contribution in [0.4, 0.5) is 16.6 Å². The van der Waals surface area contributed by atoms with E-state index in [0.29, 0.717) is 19.0 Å². The SMILES string of the molecule is CCCCc1c(C)nc(N)nc1N1CCN(C(=O)OC)CC1. The minimum Gasteiger partial charge on any atom is -0.453 e. The van der Waals surface area contributed by atoms with Gasteiger partial charge in [-0.05, 0) is 19.8 Å². The molecule has 1 aliphatic rings. The summed E-state index contributed by atoms with van der Waals surface area (Å²) in [5.74, 6) is 1.23. The number of aryl methyl sites for hydroxylation is 1. The number of anilines is 2. The number of hydrogen-bond donors (Lipinski definition) is 1. The lowest BCUT2D eigenvalue weighted by molar-refractivity contribution is 0.121. The van der Waals surface area contributed by atoms with E-state index in [-0.39, 0.29) is 6.09 Å². The standard InChI is InChI=1S/C15H25N5O2/c1-4-5-6-12-11(2)17-14(16)18-13(12)19-7-9-20(10-8-19)15(21)22-3/h4-10H2,1-3H3,(H2,16,17,18). The van der Waals surface area contributed by atoms with Gasteiger partial charge < -0.3 is 20.3 Å². The topological polar surface area (TPSA) is 84.6 Å². The van der Waals surface area contributed by atoms with Crippen LogP contribution in [-0.4, -0.2) is 54.2 Å². The first kappa shape index (κ1) is 16.3. The summed E-state index contributed by atoms with van der Waals surface area (Å²) >= 11 is 0. The monoisotopic (exact) mass is 307 g/mol. The molecule has 0 aromatic carbocycles. The molecule has 2 rings (SSSR count). The van der Waals surface area contributed by atoms with E-state index in [1.165, 1.54) is 12.7 Å². The van der Waals surface area contributed by atoms with Crippen molar-refractivity contribution in [1.29, 1.82) is 0 Å². The predicted octanol–water partition coefficient (Wildman–Crippen LogP) is 1.60. The summed E-state index contributed by atoms with van der Waals surface area (Å²) in [5.41, 5.74) is 7.95. The summed E-state index contributed by atoms with van der Waals surface area (Å²) in [5, 5.41) is 0. The van der Waals surface area contributed by atoms with E-state index < -0.39 is 0 Å². The van der Waals surface area contributed by atoms with Gasteiger partial charge in [0.05, 0.1) is 7.11 Å². The maximum atomic E-state index is 11.6. The average molecular weight is 307 g/mol. The van der Waals surface area contributed by atoms with Crippen molar-refractivity contribution in [2.75, 3.05) is 43.9 Å². The molecule has 1 amide bonds. The smallest absolute Gasteiger partial charge is 0.409 e. The number of carbonyl (C=O) groups excluding carboxylic acids is 1. The van der Waals surface area contributed by atoms with Crippen LogP contribution >= 0.6 is 0 Å². The minimum atomic E-state index is -0.274. The highest BCUT2D eigenvalue weighted by Gasteiger charge is 2.24. The van der Waals surface area contributed by atoms with Crippen molar-refractivity contribution < 1.29 is 9.53 Å². The number of unbranched alkanes of at least 4 members (excludes halogenated alkanes) is 1. The number of nitrogens with two attached hydrogens (primary N) is 1. The van der Waals surface area contributed by atoms with Gasteiger partial charge in [0.2, 0.25) is 5.95 Å². The highest BCUT2D eigenvalue weighted by molar-refractivity contribution is 5.68. The maximum Gasteiger partial charge on any atom is 0.409 e. The lowest BCUT2D eigenvalue weighted by atomic mass is 10.1. The van der Waals surface area contributed by atoms with E-state index >= 15 is 0 Å². The molecule has 0 saturated carbocycles. The van der Waals surface area contributed by atoms with E-state index in [9.17, 15) is 4.79 Å². The first-order valence-electron chi connectivity index (χ1n) is 7.77. The predicted molar refractivity (Wildman–Crippen MR) is 86.0 cm³/mol. The van der Waals surface area contributed by atoms with E-state index in [1.54, 1.807) is 4.90 Å². The quantitative estimate of drug-likeness (QED) is 0.909. The Morgan fingerprint density at radius 2 is 1.95 bits per heavy atom. The molecule has 0 aliphatic carbocycles. The van der Waals surface area contributed by atoms with Gasteiger partial charge in [0, 0.05) is 37.4 Å². The summed E-state index contributed by atoms with van der Waals surface area (Å²) < 4.78 is 4.77. The summed E-state index contributed by atoms with van der Waals surface area (Å²) in [7, 11) is 1.41. The Labute approximate surface area is 131 Å². The number of hydrogen-bond acceptors (Lipinski definition) is 6. The molecule has 22 heavy (non-hydrogen) atoms. The molecule has 1 aliphatic heterocycles. The molecule has 1 aromatic rings. The second-order valence-corrected chi connectivity index (χ2v) is 5.52. The number of nitrogens with zero attached hydrogens (tertiary/aromatic N) is 4. The Morgan fingerprint density at radius 1 is 1.27 bits per heavy atom. The first-order valence-corrected chi connectivity index (χ1v) is 7.77. The number of rotatable bonds is 4. The molecule has 0 bridgehead atoms. The molecule has 2 N–H and O–H groups in total. The van der Waals surface area contributed by atoms with Crippen LogP contribution in [0.3, 0.4) is 0 Å². The van der Waals surface area contributed by atoms with Crippen LogP contribution < -0.4 is 10.6 Å². The number of ether oxygens (including phenoxy) is 1. The van der Waals surface area contributed by atoms with Gasteiger partial charge in [-0.1, -0.05) is 13.3 Å². The molecule has 1 aromatic heterocycles. The highest BCUT2D eigenvalue weighted by atomic mass is 16.5. The molecule has 7 heteroatoms. The minimum absolute atomic E-state index is 0.274. The summed E-state index contributed by atoms with van der Waals surface area (Å²) in [6, 6.07) is 0. The molecule has 0 unspecified atom stereocenters.